The molecule has 96 valence electrons. The third-order valence-electron chi connectivity index (χ3n) is 2.52. The van der Waals surface area contributed by atoms with Crippen molar-refractivity contribution in [3.8, 4) is 0 Å². The molecule has 0 aliphatic rings. The van der Waals surface area contributed by atoms with Crippen molar-refractivity contribution in [1.82, 2.24) is 9.97 Å². The SMILES string of the molecule is O=C(Nc1nc2ccccc2[nH]1)c1cc(Br)sc1Br. The van der Waals surface area contributed by atoms with Crippen LogP contribution >= 0.6 is 43.2 Å². The second-order valence-electron chi connectivity index (χ2n) is 3.79. The van der Waals surface area contributed by atoms with E-state index in [1.54, 1.807) is 6.07 Å². The van der Waals surface area contributed by atoms with E-state index in [0.29, 0.717) is 11.5 Å². The molecule has 0 aliphatic heterocycles. The molecule has 2 heterocycles. The Balaban J connectivity index is 1.88. The lowest BCUT2D eigenvalue weighted by Gasteiger charge is -1.99. The van der Waals surface area contributed by atoms with Crippen LogP contribution < -0.4 is 5.32 Å². The van der Waals surface area contributed by atoms with Crippen molar-refractivity contribution < 1.29 is 4.79 Å². The van der Waals surface area contributed by atoms with Gasteiger partial charge in [-0.15, -0.1) is 11.3 Å². The van der Waals surface area contributed by atoms with E-state index in [9.17, 15) is 4.79 Å². The summed E-state index contributed by atoms with van der Waals surface area (Å²) in [6.07, 6.45) is 0. The van der Waals surface area contributed by atoms with Gasteiger partial charge in [0.15, 0.2) is 0 Å². The Bertz CT molecular complexity index is 732. The van der Waals surface area contributed by atoms with Crippen molar-refractivity contribution in [2.75, 3.05) is 5.32 Å². The monoisotopic (exact) mass is 399 g/mol. The number of hydrogen-bond acceptors (Lipinski definition) is 3. The topological polar surface area (TPSA) is 57.8 Å². The third-order valence-corrected chi connectivity index (χ3v) is 4.86. The fraction of sp³-hybridized carbons (Fsp3) is 0. The number of fused-ring (bicyclic) bond motifs is 1. The molecule has 4 nitrogen and oxygen atoms in total. The summed E-state index contributed by atoms with van der Waals surface area (Å²) in [5, 5.41) is 2.75. The molecule has 0 spiro atoms. The van der Waals surface area contributed by atoms with Gasteiger partial charge in [-0.05, 0) is 50.1 Å². The summed E-state index contributed by atoms with van der Waals surface area (Å²) < 4.78 is 1.68. The summed E-state index contributed by atoms with van der Waals surface area (Å²) in [6, 6.07) is 9.39. The van der Waals surface area contributed by atoms with Gasteiger partial charge in [0.2, 0.25) is 5.95 Å². The number of halogens is 2. The summed E-state index contributed by atoms with van der Waals surface area (Å²) in [5.74, 6) is 0.244. The van der Waals surface area contributed by atoms with Gasteiger partial charge >= 0.3 is 0 Å². The predicted molar refractivity (Wildman–Crippen MR) is 83.8 cm³/mol. The molecule has 7 heteroatoms. The molecular formula is C12H7Br2N3OS. The zero-order valence-corrected chi connectivity index (χ0v) is 13.4. The first-order chi connectivity index (χ1) is 9.13. The lowest BCUT2D eigenvalue weighted by atomic mass is 10.3. The van der Waals surface area contributed by atoms with E-state index >= 15 is 0 Å². The largest absolute Gasteiger partial charge is 0.324 e. The zero-order valence-electron chi connectivity index (χ0n) is 9.41. The van der Waals surface area contributed by atoms with E-state index in [4.69, 9.17) is 0 Å². The van der Waals surface area contributed by atoms with Crippen molar-refractivity contribution in [2.24, 2.45) is 0 Å². The Hall–Kier alpha value is -1.18. The van der Waals surface area contributed by atoms with Crippen molar-refractivity contribution in [2.45, 2.75) is 0 Å². The minimum absolute atomic E-state index is 0.201. The minimum atomic E-state index is -0.201. The number of thiophene rings is 1. The Morgan fingerprint density at radius 2 is 2.11 bits per heavy atom. The summed E-state index contributed by atoms with van der Waals surface area (Å²) >= 11 is 8.17. The maximum Gasteiger partial charge on any atom is 0.260 e. The molecule has 0 saturated heterocycles. The molecule has 3 aromatic rings. The normalized spacial score (nSPS) is 10.8. The molecule has 0 fully saturated rings. The summed E-state index contributed by atoms with van der Waals surface area (Å²) in [6.45, 7) is 0. The van der Waals surface area contributed by atoms with Gasteiger partial charge in [0.1, 0.15) is 0 Å². The number of para-hydroxylation sites is 2. The Labute approximate surface area is 129 Å². The number of imidazole rings is 1. The summed E-state index contributed by atoms with van der Waals surface area (Å²) in [4.78, 5) is 19.5. The van der Waals surface area contributed by atoms with Crippen LogP contribution in [0.5, 0.6) is 0 Å². The average Bonchev–Trinajstić information content (AvgIpc) is 2.91. The standard InChI is InChI=1S/C12H7Br2N3OS/c13-9-5-6(10(14)19-9)11(18)17-12-15-7-3-1-2-4-8(7)16-12/h1-5H,(H2,15,16,17,18). The van der Waals surface area contributed by atoms with Crippen molar-refractivity contribution >= 4 is 66.1 Å². The fourth-order valence-electron chi connectivity index (χ4n) is 1.68. The average molecular weight is 401 g/mol. The Kier molecular flexibility index (Phi) is 3.42. The van der Waals surface area contributed by atoms with E-state index in [0.717, 1.165) is 18.6 Å². The Morgan fingerprint density at radius 1 is 1.32 bits per heavy atom. The molecule has 0 unspecified atom stereocenters. The Morgan fingerprint density at radius 3 is 2.79 bits per heavy atom. The van der Waals surface area contributed by atoms with E-state index < -0.39 is 0 Å². The third kappa shape index (κ3) is 2.58. The lowest BCUT2D eigenvalue weighted by molar-refractivity contribution is 0.102. The highest BCUT2D eigenvalue weighted by Crippen LogP contribution is 2.32. The van der Waals surface area contributed by atoms with Gasteiger partial charge in [-0.25, -0.2) is 4.98 Å². The maximum absolute atomic E-state index is 12.1. The number of nitrogens with zero attached hydrogens (tertiary/aromatic N) is 1. The smallest absolute Gasteiger partial charge is 0.260 e. The number of carbonyl (C=O) groups is 1. The van der Waals surface area contributed by atoms with Crippen LogP contribution in [-0.4, -0.2) is 15.9 Å². The van der Waals surface area contributed by atoms with E-state index in [-0.39, 0.29) is 5.91 Å². The number of carbonyl (C=O) groups excluding carboxylic acids is 1. The molecule has 2 aromatic heterocycles. The molecule has 2 N–H and O–H groups in total. The zero-order chi connectivity index (χ0) is 13.4. The van der Waals surface area contributed by atoms with Gasteiger partial charge in [-0.3, -0.25) is 10.1 Å². The first-order valence-electron chi connectivity index (χ1n) is 5.34. The molecule has 1 amide bonds. The van der Waals surface area contributed by atoms with E-state index in [2.05, 4.69) is 47.1 Å². The van der Waals surface area contributed by atoms with Crippen LogP contribution in [0.25, 0.3) is 11.0 Å². The molecular weight excluding hydrogens is 394 g/mol. The van der Waals surface area contributed by atoms with Crippen LogP contribution in [0, 0.1) is 0 Å². The fourth-order valence-corrected chi connectivity index (χ4v) is 4.48. The van der Waals surface area contributed by atoms with Crippen LogP contribution in [0.4, 0.5) is 5.95 Å². The van der Waals surface area contributed by atoms with E-state index in [1.165, 1.54) is 11.3 Å². The second-order valence-corrected chi connectivity index (χ2v) is 7.54. The molecule has 0 aliphatic carbocycles. The lowest BCUT2D eigenvalue weighted by Crippen LogP contribution is -2.12. The van der Waals surface area contributed by atoms with Gasteiger partial charge in [-0.2, -0.15) is 0 Å². The minimum Gasteiger partial charge on any atom is -0.324 e. The molecule has 0 atom stereocenters. The van der Waals surface area contributed by atoms with Crippen molar-refractivity contribution in [1.29, 1.82) is 0 Å². The molecule has 0 saturated carbocycles. The molecule has 0 radical (unpaired) electrons. The highest BCUT2D eigenvalue weighted by atomic mass is 79.9. The number of anilines is 1. The number of rotatable bonds is 2. The van der Waals surface area contributed by atoms with Crippen molar-refractivity contribution in [3.63, 3.8) is 0 Å². The van der Waals surface area contributed by atoms with Crippen LogP contribution in [-0.2, 0) is 0 Å². The molecule has 19 heavy (non-hydrogen) atoms. The number of H-pyrrole nitrogens is 1. The highest BCUT2D eigenvalue weighted by Gasteiger charge is 2.15. The number of aromatic nitrogens is 2. The maximum atomic E-state index is 12.1. The summed E-state index contributed by atoms with van der Waals surface area (Å²) in [7, 11) is 0. The van der Waals surface area contributed by atoms with Gasteiger partial charge in [0.05, 0.1) is 24.2 Å². The number of nitrogens with one attached hydrogen (secondary N) is 2. The van der Waals surface area contributed by atoms with Crippen LogP contribution in [0.15, 0.2) is 37.9 Å². The van der Waals surface area contributed by atoms with Crippen LogP contribution in [0.2, 0.25) is 0 Å². The number of hydrogen-bond donors (Lipinski definition) is 2. The van der Waals surface area contributed by atoms with Gasteiger partial charge in [0, 0.05) is 0 Å². The van der Waals surface area contributed by atoms with Gasteiger partial charge in [-0.1, -0.05) is 12.1 Å². The molecule has 3 rings (SSSR count). The second kappa shape index (κ2) is 5.07. The highest BCUT2D eigenvalue weighted by molar-refractivity contribution is 9.12. The number of aromatic amines is 1. The molecule has 1 aromatic carbocycles. The van der Waals surface area contributed by atoms with Gasteiger partial charge in [0.25, 0.3) is 5.91 Å². The van der Waals surface area contributed by atoms with Gasteiger partial charge < -0.3 is 4.98 Å². The van der Waals surface area contributed by atoms with Crippen molar-refractivity contribution in [3.05, 3.63) is 43.5 Å². The first kappa shape index (κ1) is 12.8. The quantitative estimate of drug-likeness (QED) is 0.669. The number of benzene rings is 1. The van der Waals surface area contributed by atoms with E-state index in [1.807, 2.05) is 24.3 Å². The molecule has 0 bridgehead atoms. The predicted octanol–water partition coefficient (Wildman–Crippen LogP) is 4.40. The number of amides is 1. The first-order valence-corrected chi connectivity index (χ1v) is 7.74. The van der Waals surface area contributed by atoms with Crippen LogP contribution in [0.1, 0.15) is 10.4 Å². The summed E-state index contributed by atoms with van der Waals surface area (Å²) in [5.41, 5.74) is 2.30. The van der Waals surface area contributed by atoms with Crippen LogP contribution in [0.3, 0.4) is 0 Å².